The van der Waals surface area contributed by atoms with Crippen LogP contribution in [0.4, 0.5) is 0 Å². The van der Waals surface area contributed by atoms with Crippen molar-refractivity contribution in [3.63, 3.8) is 0 Å². The molecule has 5 nitrogen and oxygen atoms in total. The molecule has 1 aromatic rings. The van der Waals surface area contributed by atoms with Crippen LogP contribution in [-0.4, -0.2) is 32.7 Å². The van der Waals surface area contributed by atoms with E-state index in [0.717, 1.165) is 24.8 Å². The molecule has 1 fully saturated rings. The van der Waals surface area contributed by atoms with E-state index in [9.17, 15) is 4.79 Å². The topological polar surface area (TPSA) is 73.6 Å². The molecule has 2 atom stereocenters. The maximum atomic E-state index is 12.1. The first kappa shape index (κ1) is 17.6. The first-order valence-corrected chi connectivity index (χ1v) is 8.37. The smallest absolute Gasteiger partial charge is 0.220 e. The number of methoxy groups -OCH3 is 2. The lowest BCUT2D eigenvalue weighted by Gasteiger charge is -2.27. The fraction of sp³-hybridized carbons (Fsp3) is 0.611. The highest BCUT2D eigenvalue weighted by Gasteiger charge is 2.23. The standard InChI is InChI=1S/C18H28N2O3/c1-22-16-8-7-13(11-17(16)23-2)9-10-20-18(21)12-14-5-3-4-6-15(14)19/h7-8,11,14-15H,3-6,9-10,12,19H2,1-2H3,(H,20,21). The van der Waals surface area contributed by atoms with Crippen molar-refractivity contribution in [2.75, 3.05) is 20.8 Å². The van der Waals surface area contributed by atoms with Crippen LogP contribution in [0.5, 0.6) is 11.5 Å². The van der Waals surface area contributed by atoms with E-state index < -0.39 is 0 Å². The maximum absolute atomic E-state index is 12.1. The van der Waals surface area contributed by atoms with E-state index in [1.165, 1.54) is 12.8 Å². The molecule has 0 saturated heterocycles. The van der Waals surface area contributed by atoms with Crippen molar-refractivity contribution in [1.29, 1.82) is 0 Å². The Kier molecular flexibility index (Phi) is 6.71. The average molecular weight is 320 g/mol. The van der Waals surface area contributed by atoms with Gasteiger partial charge >= 0.3 is 0 Å². The highest BCUT2D eigenvalue weighted by atomic mass is 16.5. The minimum Gasteiger partial charge on any atom is -0.493 e. The largest absolute Gasteiger partial charge is 0.493 e. The quantitative estimate of drug-likeness (QED) is 0.808. The Morgan fingerprint density at radius 3 is 2.65 bits per heavy atom. The van der Waals surface area contributed by atoms with Gasteiger partial charge < -0.3 is 20.5 Å². The van der Waals surface area contributed by atoms with Crippen molar-refractivity contribution in [2.45, 2.75) is 44.6 Å². The molecule has 1 saturated carbocycles. The molecule has 2 rings (SSSR count). The third-order valence-corrected chi connectivity index (χ3v) is 4.60. The Balaban J connectivity index is 1.77. The molecule has 1 amide bonds. The number of rotatable bonds is 7. The molecule has 1 aliphatic carbocycles. The van der Waals surface area contributed by atoms with Crippen LogP contribution in [0.1, 0.15) is 37.7 Å². The molecule has 5 heteroatoms. The van der Waals surface area contributed by atoms with E-state index in [-0.39, 0.29) is 11.9 Å². The number of ether oxygens (including phenoxy) is 2. The fourth-order valence-corrected chi connectivity index (χ4v) is 3.18. The minimum absolute atomic E-state index is 0.104. The van der Waals surface area contributed by atoms with Gasteiger partial charge in [0.05, 0.1) is 14.2 Å². The molecular formula is C18H28N2O3. The van der Waals surface area contributed by atoms with E-state index in [1.807, 2.05) is 18.2 Å². The molecule has 0 spiro atoms. The van der Waals surface area contributed by atoms with E-state index in [1.54, 1.807) is 14.2 Å². The lowest BCUT2D eigenvalue weighted by atomic mass is 9.83. The van der Waals surface area contributed by atoms with Crippen molar-refractivity contribution in [3.8, 4) is 11.5 Å². The lowest BCUT2D eigenvalue weighted by Crippen LogP contribution is -2.37. The summed E-state index contributed by atoms with van der Waals surface area (Å²) >= 11 is 0. The Morgan fingerprint density at radius 2 is 1.96 bits per heavy atom. The van der Waals surface area contributed by atoms with E-state index in [2.05, 4.69) is 5.32 Å². The second-order valence-electron chi connectivity index (χ2n) is 6.20. The van der Waals surface area contributed by atoms with Crippen molar-refractivity contribution in [2.24, 2.45) is 11.7 Å². The molecule has 0 heterocycles. The van der Waals surface area contributed by atoms with E-state index >= 15 is 0 Å². The van der Waals surface area contributed by atoms with Crippen molar-refractivity contribution in [3.05, 3.63) is 23.8 Å². The fourth-order valence-electron chi connectivity index (χ4n) is 3.18. The summed E-state index contributed by atoms with van der Waals surface area (Å²) in [4.78, 5) is 12.1. The number of carbonyl (C=O) groups excluding carboxylic acids is 1. The number of nitrogens with two attached hydrogens (primary N) is 1. The monoisotopic (exact) mass is 320 g/mol. The number of benzene rings is 1. The second kappa shape index (κ2) is 8.77. The second-order valence-corrected chi connectivity index (χ2v) is 6.20. The molecule has 1 aliphatic rings. The van der Waals surface area contributed by atoms with Gasteiger partial charge in [0.2, 0.25) is 5.91 Å². The highest BCUT2D eigenvalue weighted by Crippen LogP contribution is 2.28. The predicted molar refractivity (Wildman–Crippen MR) is 90.8 cm³/mol. The predicted octanol–water partition coefficient (Wildman–Crippen LogP) is 2.27. The van der Waals surface area contributed by atoms with Crippen molar-refractivity contribution in [1.82, 2.24) is 5.32 Å². The summed E-state index contributed by atoms with van der Waals surface area (Å²) in [5.41, 5.74) is 7.21. The molecule has 1 aromatic carbocycles. The first-order valence-electron chi connectivity index (χ1n) is 8.37. The van der Waals surface area contributed by atoms with Gasteiger partial charge in [-0.05, 0) is 42.9 Å². The Bertz CT molecular complexity index is 519. The van der Waals surface area contributed by atoms with Gasteiger partial charge in [0.25, 0.3) is 0 Å². The van der Waals surface area contributed by atoms with Gasteiger partial charge in [-0.2, -0.15) is 0 Å². The molecule has 23 heavy (non-hydrogen) atoms. The summed E-state index contributed by atoms with van der Waals surface area (Å²) in [5.74, 6) is 1.87. The number of nitrogens with one attached hydrogen (secondary N) is 1. The van der Waals surface area contributed by atoms with Crippen LogP contribution in [0.2, 0.25) is 0 Å². The maximum Gasteiger partial charge on any atom is 0.220 e. The molecule has 128 valence electrons. The molecule has 0 radical (unpaired) electrons. The summed E-state index contributed by atoms with van der Waals surface area (Å²) in [5, 5.41) is 3.00. The van der Waals surface area contributed by atoms with Crippen LogP contribution in [0.15, 0.2) is 18.2 Å². The molecule has 0 aromatic heterocycles. The number of amides is 1. The zero-order valence-electron chi connectivity index (χ0n) is 14.1. The Hall–Kier alpha value is -1.75. The van der Waals surface area contributed by atoms with E-state index in [0.29, 0.717) is 30.4 Å². The highest BCUT2D eigenvalue weighted by molar-refractivity contribution is 5.76. The van der Waals surface area contributed by atoms with Crippen molar-refractivity contribution < 1.29 is 14.3 Å². The van der Waals surface area contributed by atoms with Crippen LogP contribution >= 0.6 is 0 Å². The SMILES string of the molecule is COc1ccc(CCNC(=O)CC2CCCCC2N)cc1OC. The summed E-state index contributed by atoms with van der Waals surface area (Å²) in [6, 6.07) is 6.00. The van der Waals surface area contributed by atoms with Gasteiger partial charge in [-0.25, -0.2) is 0 Å². The van der Waals surface area contributed by atoms with Gasteiger partial charge in [-0.15, -0.1) is 0 Å². The van der Waals surface area contributed by atoms with Crippen LogP contribution in [0.3, 0.4) is 0 Å². The zero-order valence-corrected chi connectivity index (χ0v) is 14.1. The summed E-state index contributed by atoms with van der Waals surface area (Å²) in [7, 11) is 3.24. The van der Waals surface area contributed by atoms with Gasteiger partial charge in [0.15, 0.2) is 11.5 Å². The number of carbonyl (C=O) groups is 1. The average Bonchev–Trinajstić information content (AvgIpc) is 2.56. The molecule has 0 aliphatic heterocycles. The summed E-state index contributed by atoms with van der Waals surface area (Å²) in [6.45, 7) is 0.621. The van der Waals surface area contributed by atoms with Gasteiger partial charge in [-0.3, -0.25) is 4.79 Å². The Labute approximate surface area is 138 Å². The van der Waals surface area contributed by atoms with Gasteiger partial charge in [0, 0.05) is 19.0 Å². The third kappa shape index (κ3) is 5.13. The summed E-state index contributed by atoms with van der Waals surface area (Å²) in [6.07, 6.45) is 5.82. The van der Waals surface area contributed by atoms with Crippen molar-refractivity contribution >= 4 is 5.91 Å². The molecule has 3 N–H and O–H groups in total. The van der Waals surface area contributed by atoms with Crippen LogP contribution in [0.25, 0.3) is 0 Å². The molecule has 2 unspecified atom stereocenters. The Morgan fingerprint density at radius 1 is 1.22 bits per heavy atom. The van der Waals surface area contributed by atoms with Gasteiger partial charge in [-0.1, -0.05) is 18.9 Å². The minimum atomic E-state index is 0.104. The normalized spacial score (nSPS) is 20.8. The molecular weight excluding hydrogens is 292 g/mol. The first-order chi connectivity index (χ1) is 11.1. The third-order valence-electron chi connectivity index (χ3n) is 4.60. The summed E-state index contributed by atoms with van der Waals surface area (Å²) < 4.78 is 10.5. The van der Waals surface area contributed by atoms with Gasteiger partial charge in [0.1, 0.15) is 0 Å². The molecule has 0 bridgehead atoms. The lowest BCUT2D eigenvalue weighted by molar-refractivity contribution is -0.122. The van der Waals surface area contributed by atoms with Crippen LogP contribution in [-0.2, 0) is 11.2 Å². The van der Waals surface area contributed by atoms with E-state index in [4.69, 9.17) is 15.2 Å². The number of hydrogen-bond acceptors (Lipinski definition) is 4. The van der Waals surface area contributed by atoms with Crippen LogP contribution in [0, 0.1) is 5.92 Å². The van der Waals surface area contributed by atoms with Crippen LogP contribution < -0.4 is 20.5 Å². The number of hydrogen-bond donors (Lipinski definition) is 2. The zero-order chi connectivity index (χ0) is 16.7.